The molecule has 4 rings (SSSR count). The number of hydrogen-bond acceptors (Lipinski definition) is 5. The third-order valence-corrected chi connectivity index (χ3v) is 5.16. The Morgan fingerprint density at radius 1 is 1.06 bits per heavy atom. The van der Waals surface area contributed by atoms with Crippen LogP contribution in [-0.2, 0) is 16.1 Å². The molecule has 1 atom stereocenters. The van der Waals surface area contributed by atoms with Crippen LogP contribution in [-0.4, -0.2) is 33.8 Å². The van der Waals surface area contributed by atoms with Crippen LogP contribution in [0.2, 0.25) is 0 Å². The van der Waals surface area contributed by atoms with Crippen LogP contribution in [0.3, 0.4) is 0 Å². The van der Waals surface area contributed by atoms with Crippen LogP contribution in [0.5, 0.6) is 5.75 Å². The molecule has 31 heavy (non-hydrogen) atoms. The van der Waals surface area contributed by atoms with Gasteiger partial charge in [0.2, 0.25) is 0 Å². The standard InChI is InChI=1S/C24H19FN2O4/c1-31-19-8-3-2-6-16(19)14-27-21(18-7-4-5-13-26-18)20(23(29)24(27)30)22(28)15-9-11-17(25)12-10-15/h2-13,21,28H,14H2,1H3/b22-20-. The Bertz CT molecular complexity index is 1160. The molecule has 2 heterocycles. The zero-order chi connectivity index (χ0) is 22.0. The van der Waals surface area contributed by atoms with Crippen molar-refractivity contribution in [3.05, 3.63) is 101 Å². The second-order valence-electron chi connectivity index (χ2n) is 7.00. The number of halogens is 1. The molecule has 1 aliphatic heterocycles. The molecule has 1 unspecified atom stereocenters. The predicted octanol–water partition coefficient (Wildman–Crippen LogP) is 3.85. The molecule has 0 bridgehead atoms. The fourth-order valence-corrected chi connectivity index (χ4v) is 3.67. The number of aliphatic hydroxyl groups excluding tert-OH is 1. The minimum absolute atomic E-state index is 0.0794. The predicted molar refractivity (Wildman–Crippen MR) is 111 cm³/mol. The summed E-state index contributed by atoms with van der Waals surface area (Å²) in [6.45, 7) is 0.0794. The summed E-state index contributed by atoms with van der Waals surface area (Å²) < 4.78 is 18.7. The van der Waals surface area contributed by atoms with Crippen LogP contribution < -0.4 is 4.74 Å². The normalized spacial score (nSPS) is 17.7. The maximum Gasteiger partial charge on any atom is 0.296 e. The lowest BCUT2D eigenvalue weighted by atomic mass is 9.98. The van der Waals surface area contributed by atoms with Crippen molar-refractivity contribution in [1.29, 1.82) is 0 Å². The Hall–Kier alpha value is -4.00. The molecule has 2 aromatic carbocycles. The van der Waals surface area contributed by atoms with Crippen molar-refractivity contribution in [3.8, 4) is 5.75 Å². The van der Waals surface area contributed by atoms with Gasteiger partial charge in [-0.3, -0.25) is 14.6 Å². The fourth-order valence-electron chi connectivity index (χ4n) is 3.67. The summed E-state index contributed by atoms with van der Waals surface area (Å²) in [4.78, 5) is 31.7. The van der Waals surface area contributed by atoms with Crippen molar-refractivity contribution in [3.63, 3.8) is 0 Å². The van der Waals surface area contributed by atoms with Gasteiger partial charge in [0.25, 0.3) is 11.7 Å². The number of ketones is 1. The molecule has 6 nitrogen and oxygen atoms in total. The minimum atomic E-state index is -0.906. The van der Waals surface area contributed by atoms with Gasteiger partial charge in [-0.25, -0.2) is 4.39 Å². The van der Waals surface area contributed by atoms with Crippen molar-refractivity contribution < 1.29 is 23.8 Å². The molecule has 1 saturated heterocycles. The summed E-state index contributed by atoms with van der Waals surface area (Å²) >= 11 is 0. The topological polar surface area (TPSA) is 79.7 Å². The first-order chi connectivity index (χ1) is 15.0. The summed E-state index contributed by atoms with van der Waals surface area (Å²) in [7, 11) is 1.53. The van der Waals surface area contributed by atoms with Crippen LogP contribution in [0.15, 0.2) is 78.5 Å². The molecular formula is C24H19FN2O4. The van der Waals surface area contributed by atoms with Crippen molar-refractivity contribution >= 4 is 17.4 Å². The number of hydrogen-bond donors (Lipinski definition) is 1. The highest BCUT2D eigenvalue weighted by molar-refractivity contribution is 6.46. The Kier molecular flexibility index (Phi) is 5.49. The van der Waals surface area contributed by atoms with Gasteiger partial charge in [0.1, 0.15) is 23.4 Å². The summed E-state index contributed by atoms with van der Waals surface area (Å²) in [5.74, 6) is -1.87. The zero-order valence-corrected chi connectivity index (χ0v) is 16.7. The number of nitrogens with zero attached hydrogens (tertiary/aromatic N) is 2. The maximum atomic E-state index is 13.3. The Morgan fingerprint density at radius 3 is 2.45 bits per heavy atom. The number of carbonyl (C=O) groups is 2. The zero-order valence-electron chi connectivity index (χ0n) is 16.7. The third-order valence-electron chi connectivity index (χ3n) is 5.16. The molecule has 1 aliphatic rings. The number of Topliss-reactive ketones (excluding diaryl/α,β-unsaturated/α-hetero) is 1. The van der Waals surface area contributed by atoms with Crippen LogP contribution in [0.25, 0.3) is 5.76 Å². The highest BCUT2D eigenvalue weighted by Gasteiger charge is 2.46. The van der Waals surface area contributed by atoms with Gasteiger partial charge in [0, 0.05) is 17.3 Å². The monoisotopic (exact) mass is 418 g/mol. The number of aromatic nitrogens is 1. The Balaban J connectivity index is 1.85. The van der Waals surface area contributed by atoms with Gasteiger partial charge in [0.05, 0.1) is 24.9 Å². The van der Waals surface area contributed by atoms with Crippen LogP contribution in [0.4, 0.5) is 4.39 Å². The molecule has 1 fully saturated rings. The summed E-state index contributed by atoms with van der Waals surface area (Å²) in [5, 5.41) is 10.9. The van der Waals surface area contributed by atoms with Gasteiger partial charge in [-0.2, -0.15) is 0 Å². The number of rotatable bonds is 5. The molecule has 1 amide bonds. The van der Waals surface area contributed by atoms with Crippen LogP contribution in [0, 0.1) is 5.82 Å². The highest BCUT2D eigenvalue weighted by Crippen LogP contribution is 2.40. The van der Waals surface area contributed by atoms with Crippen molar-refractivity contribution in [2.24, 2.45) is 0 Å². The molecule has 0 saturated carbocycles. The van der Waals surface area contributed by atoms with Crippen LogP contribution >= 0.6 is 0 Å². The lowest BCUT2D eigenvalue weighted by Gasteiger charge is -2.25. The van der Waals surface area contributed by atoms with E-state index in [1.807, 2.05) is 6.07 Å². The molecule has 0 spiro atoms. The molecule has 7 heteroatoms. The van der Waals surface area contributed by atoms with E-state index in [9.17, 15) is 19.1 Å². The summed E-state index contributed by atoms with van der Waals surface area (Å²) in [6.07, 6.45) is 1.55. The van der Waals surface area contributed by atoms with Gasteiger partial charge in [-0.05, 0) is 42.5 Å². The highest BCUT2D eigenvalue weighted by atomic mass is 19.1. The SMILES string of the molecule is COc1ccccc1CN1C(=O)C(=O)/C(=C(\O)c2ccc(F)cc2)C1c1ccccn1. The first-order valence-corrected chi connectivity index (χ1v) is 9.58. The van der Waals surface area contributed by atoms with E-state index in [0.29, 0.717) is 17.0 Å². The molecule has 1 aromatic heterocycles. The molecule has 3 aromatic rings. The van der Waals surface area contributed by atoms with Gasteiger partial charge in [0.15, 0.2) is 0 Å². The molecule has 1 N–H and O–H groups in total. The Morgan fingerprint density at radius 2 is 1.77 bits per heavy atom. The Labute approximate surface area is 178 Å². The van der Waals surface area contributed by atoms with Gasteiger partial charge in [-0.1, -0.05) is 24.3 Å². The third kappa shape index (κ3) is 3.77. The molecular weight excluding hydrogens is 399 g/mol. The van der Waals surface area contributed by atoms with Gasteiger partial charge >= 0.3 is 0 Å². The van der Waals surface area contributed by atoms with E-state index >= 15 is 0 Å². The van der Waals surface area contributed by atoms with Gasteiger partial charge < -0.3 is 14.7 Å². The van der Waals surface area contributed by atoms with E-state index in [1.165, 1.54) is 36.3 Å². The van der Waals surface area contributed by atoms with E-state index in [-0.39, 0.29) is 23.4 Å². The maximum absolute atomic E-state index is 13.3. The number of methoxy groups -OCH3 is 1. The number of pyridine rings is 1. The molecule has 156 valence electrons. The lowest BCUT2D eigenvalue weighted by molar-refractivity contribution is -0.140. The van der Waals surface area contributed by atoms with E-state index < -0.39 is 23.5 Å². The van der Waals surface area contributed by atoms with E-state index in [2.05, 4.69) is 4.98 Å². The first kappa shape index (κ1) is 20.3. The minimum Gasteiger partial charge on any atom is -0.507 e. The van der Waals surface area contributed by atoms with Crippen molar-refractivity contribution in [2.45, 2.75) is 12.6 Å². The van der Waals surface area contributed by atoms with Crippen molar-refractivity contribution in [2.75, 3.05) is 7.11 Å². The van der Waals surface area contributed by atoms with Crippen LogP contribution in [0.1, 0.15) is 22.9 Å². The number of ether oxygens (including phenoxy) is 1. The number of carbonyl (C=O) groups excluding carboxylic acids is 2. The average molecular weight is 418 g/mol. The summed E-state index contributed by atoms with van der Waals surface area (Å²) in [5.41, 5.74) is 1.28. The second kappa shape index (κ2) is 8.39. The number of aliphatic hydroxyl groups is 1. The van der Waals surface area contributed by atoms with E-state index in [4.69, 9.17) is 4.74 Å². The second-order valence-corrected chi connectivity index (χ2v) is 7.00. The van der Waals surface area contributed by atoms with Gasteiger partial charge in [-0.15, -0.1) is 0 Å². The van der Waals surface area contributed by atoms with Crippen molar-refractivity contribution in [1.82, 2.24) is 9.88 Å². The average Bonchev–Trinajstić information content (AvgIpc) is 3.05. The number of amides is 1. The fraction of sp³-hybridized carbons (Fsp3) is 0.125. The molecule has 0 aliphatic carbocycles. The lowest BCUT2D eigenvalue weighted by Crippen LogP contribution is -2.29. The first-order valence-electron chi connectivity index (χ1n) is 9.58. The molecule has 0 radical (unpaired) electrons. The smallest absolute Gasteiger partial charge is 0.296 e. The summed E-state index contributed by atoms with van der Waals surface area (Å²) in [6, 6.07) is 16.5. The number of para-hydroxylation sites is 1. The van der Waals surface area contributed by atoms with E-state index in [0.717, 1.165) is 0 Å². The number of likely N-dealkylation sites (tertiary alicyclic amines) is 1. The quantitative estimate of drug-likeness (QED) is 0.387. The van der Waals surface area contributed by atoms with E-state index in [1.54, 1.807) is 42.6 Å². The number of benzene rings is 2. The largest absolute Gasteiger partial charge is 0.507 e.